The van der Waals surface area contributed by atoms with Crippen LogP contribution in [0.5, 0.6) is 0 Å². The molecular formula is C16H20ClN3O. The summed E-state index contributed by atoms with van der Waals surface area (Å²) in [7, 11) is 0. The maximum absolute atomic E-state index is 12.8. The molecule has 21 heavy (non-hydrogen) atoms. The first-order chi connectivity index (χ1) is 10.1. The van der Waals surface area contributed by atoms with Crippen molar-refractivity contribution in [1.82, 2.24) is 14.8 Å². The average molecular weight is 306 g/mol. The van der Waals surface area contributed by atoms with Gasteiger partial charge in [0, 0.05) is 47.8 Å². The molecule has 1 aromatic carbocycles. The van der Waals surface area contributed by atoms with E-state index in [1.54, 1.807) is 0 Å². The number of aromatic nitrogens is 1. The van der Waals surface area contributed by atoms with E-state index in [1.165, 1.54) is 0 Å². The number of likely N-dealkylation sites (N-methyl/N-ethyl adjacent to an activating group) is 1. The molecule has 3 rings (SSSR count). The molecule has 112 valence electrons. The van der Waals surface area contributed by atoms with E-state index in [0.29, 0.717) is 5.02 Å². The number of halogens is 1. The number of amides is 1. The third kappa shape index (κ3) is 2.65. The number of hydrogen-bond donors (Lipinski definition) is 1. The van der Waals surface area contributed by atoms with Crippen LogP contribution in [0.3, 0.4) is 0 Å². The van der Waals surface area contributed by atoms with Gasteiger partial charge in [-0.1, -0.05) is 18.5 Å². The maximum Gasteiger partial charge on any atom is 0.256 e. The van der Waals surface area contributed by atoms with Crippen molar-refractivity contribution in [3.8, 4) is 0 Å². The molecule has 0 unspecified atom stereocenters. The fourth-order valence-electron chi connectivity index (χ4n) is 3.00. The molecule has 0 atom stereocenters. The number of benzene rings is 1. The molecule has 1 N–H and O–H groups in total. The van der Waals surface area contributed by atoms with Crippen molar-refractivity contribution in [2.45, 2.75) is 13.8 Å². The van der Waals surface area contributed by atoms with Crippen LogP contribution in [0.2, 0.25) is 5.02 Å². The molecule has 0 spiro atoms. The highest BCUT2D eigenvalue weighted by molar-refractivity contribution is 6.31. The van der Waals surface area contributed by atoms with Gasteiger partial charge in [-0.25, -0.2) is 0 Å². The summed E-state index contributed by atoms with van der Waals surface area (Å²) >= 11 is 6.08. The van der Waals surface area contributed by atoms with E-state index in [2.05, 4.69) is 16.8 Å². The van der Waals surface area contributed by atoms with Crippen molar-refractivity contribution in [1.29, 1.82) is 0 Å². The Morgan fingerprint density at radius 2 is 2.00 bits per heavy atom. The lowest BCUT2D eigenvalue weighted by Gasteiger charge is -2.34. The summed E-state index contributed by atoms with van der Waals surface area (Å²) < 4.78 is 0. The number of hydrogen-bond acceptors (Lipinski definition) is 2. The molecule has 1 aliphatic rings. The molecule has 1 saturated heterocycles. The summed E-state index contributed by atoms with van der Waals surface area (Å²) in [5, 5.41) is 1.58. The summed E-state index contributed by atoms with van der Waals surface area (Å²) in [5.74, 6) is 0.108. The smallest absolute Gasteiger partial charge is 0.256 e. The van der Waals surface area contributed by atoms with Crippen molar-refractivity contribution >= 4 is 28.4 Å². The number of aromatic amines is 1. The lowest BCUT2D eigenvalue weighted by Crippen LogP contribution is -2.48. The molecule has 0 bridgehead atoms. The molecule has 4 nitrogen and oxygen atoms in total. The first kappa shape index (κ1) is 14.4. The van der Waals surface area contributed by atoms with E-state index in [1.807, 2.05) is 30.0 Å². The molecule has 0 radical (unpaired) electrons. The highest BCUT2D eigenvalue weighted by atomic mass is 35.5. The molecule has 2 heterocycles. The Bertz CT molecular complexity index is 671. The predicted molar refractivity (Wildman–Crippen MR) is 86.1 cm³/mol. The summed E-state index contributed by atoms with van der Waals surface area (Å²) in [4.78, 5) is 20.4. The molecule has 0 saturated carbocycles. The van der Waals surface area contributed by atoms with Gasteiger partial charge >= 0.3 is 0 Å². The van der Waals surface area contributed by atoms with Crippen molar-refractivity contribution < 1.29 is 4.79 Å². The third-order valence-electron chi connectivity index (χ3n) is 4.27. The van der Waals surface area contributed by atoms with Crippen LogP contribution in [0.25, 0.3) is 10.9 Å². The zero-order valence-corrected chi connectivity index (χ0v) is 13.2. The van der Waals surface area contributed by atoms with Gasteiger partial charge in [0.2, 0.25) is 0 Å². The predicted octanol–water partition coefficient (Wildman–Crippen LogP) is 2.91. The largest absolute Gasteiger partial charge is 0.358 e. The van der Waals surface area contributed by atoms with Crippen LogP contribution >= 0.6 is 11.6 Å². The van der Waals surface area contributed by atoms with Crippen molar-refractivity contribution in [3.05, 3.63) is 34.5 Å². The second-order valence-corrected chi connectivity index (χ2v) is 5.98. The van der Waals surface area contributed by atoms with Crippen LogP contribution in [0.1, 0.15) is 23.0 Å². The lowest BCUT2D eigenvalue weighted by atomic mass is 10.1. The Hall–Kier alpha value is -1.52. The van der Waals surface area contributed by atoms with Gasteiger partial charge in [0.25, 0.3) is 5.91 Å². The van der Waals surface area contributed by atoms with Crippen molar-refractivity contribution in [3.63, 3.8) is 0 Å². The Balaban J connectivity index is 1.91. The zero-order chi connectivity index (χ0) is 15.0. The van der Waals surface area contributed by atoms with Gasteiger partial charge in [-0.05, 0) is 31.7 Å². The van der Waals surface area contributed by atoms with Crippen molar-refractivity contribution in [2.75, 3.05) is 32.7 Å². The normalized spacial score (nSPS) is 16.6. The average Bonchev–Trinajstić information content (AvgIpc) is 2.82. The summed E-state index contributed by atoms with van der Waals surface area (Å²) in [5.41, 5.74) is 2.64. The fourth-order valence-corrected chi connectivity index (χ4v) is 3.17. The van der Waals surface area contributed by atoms with Gasteiger partial charge in [-0.15, -0.1) is 0 Å². The monoisotopic (exact) mass is 305 g/mol. The van der Waals surface area contributed by atoms with Crippen LogP contribution in [0.15, 0.2) is 18.2 Å². The van der Waals surface area contributed by atoms with Gasteiger partial charge in [-0.2, -0.15) is 0 Å². The molecule has 0 aliphatic carbocycles. The molecule has 1 aliphatic heterocycles. The minimum Gasteiger partial charge on any atom is -0.358 e. The van der Waals surface area contributed by atoms with Crippen molar-refractivity contribution in [2.24, 2.45) is 0 Å². The second-order valence-electron chi connectivity index (χ2n) is 5.54. The van der Waals surface area contributed by atoms with E-state index >= 15 is 0 Å². The number of nitrogens with zero attached hydrogens (tertiary/aromatic N) is 2. The maximum atomic E-state index is 12.8. The Kier molecular flexibility index (Phi) is 3.91. The minimum absolute atomic E-state index is 0.108. The quantitative estimate of drug-likeness (QED) is 0.926. The number of carbonyl (C=O) groups is 1. The van der Waals surface area contributed by atoms with Crippen LogP contribution in [0.4, 0.5) is 0 Å². The number of H-pyrrole nitrogens is 1. The van der Waals surface area contributed by atoms with Gasteiger partial charge in [0.15, 0.2) is 0 Å². The number of piperazine rings is 1. The van der Waals surface area contributed by atoms with Gasteiger partial charge in [-0.3, -0.25) is 4.79 Å². The Morgan fingerprint density at radius 1 is 1.29 bits per heavy atom. The number of fused-ring (bicyclic) bond motifs is 1. The van der Waals surface area contributed by atoms with Crippen LogP contribution in [0, 0.1) is 6.92 Å². The van der Waals surface area contributed by atoms with E-state index in [-0.39, 0.29) is 5.91 Å². The molecule has 5 heteroatoms. The van der Waals surface area contributed by atoms with E-state index in [4.69, 9.17) is 11.6 Å². The SMILES string of the molecule is CCN1CCN(C(=O)c2c(C)[nH]c3ccc(Cl)cc23)CC1. The van der Waals surface area contributed by atoms with E-state index in [9.17, 15) is 4.79 Å². The standard InChI is InChI=1S/C16H20ClN3O/c1-3-19-6-8-20(9-7-19)16(21)15-11(2)18-14-5-4-12(17)10-13(14)15/h4-5,10,18H,3,6-9H2,1-2H3. The van der Waals surface area contributed by atoms with E-state index in [0.717, 1.165) is 54.9 Å². The first-order valence-electron chi connectivity index (χ1n) is 7.39. The van der Waals surface area contributed by atoms with Gasteiger partial charge in [0.05, 0.1) is 5.56 Å². The van der Waals surface area contributed by atoms with E-state index < -0.39 is 0 Å². The van der Waals surface area contributed by atoms with Crippen LogP contribution in [-0.2, 0) is 0 Å². The highest BCUT2D eigenvalue weighted by Gasteiger charge is 2.25. The lowest BCUT2D eigenvalue weighted by molar-refractivity contribution is 0.0644. The van der Waals surface area contributed by atoms with Gasteiger partial charge in [0.1, 0.15) is 0 Å². The molecule has 1 fully saturated rings. The number of aryl methyl sites for hydroxylation is 1. The minimum atomic E-state index is 0.108. The summed E-state index contributed by atoms with van der Waals surface area (Å²) in [6, 6.07) is 5.64. The number of carbonyl (C=O) groups excluding carboxylic acids is 1. The molecule has 1 amide bonds. The fraction of sp³-hybridized carbons (Fsp3) is 0.438. The highest BCUT2D eigenvalue weighted by Crippen LogP contribution is 2.26. The summed E-state index contributed by atoms with van der Waals surface area (Å²) in [6.45, 7) is 8.63. The topological polar surface area (TPSA) is 39.3 Å². The number of rotatable bonds is 2. The molecule has 1 aromatic heterocycles. The Labute approximate surface area is 129 Å². The Morgan fingerprint density at radius 3 is 2.67 bits per heavy atom. The first-order valence-corrected chi connectivity index (χ1v) is 7.77. The van der Waals surface area contributed by atoms with Gasteiger partial charge < -0.3 is 14.8 Å². The molecule has 2 aromatic rings. The second kappa shape index (κ2) is 5.70. The zero-order valence-electron chi connectivity index (χ0n) is 12.4. The van der Waals surface area contributed by atoms with Crippen LogP contribution < -0.4 is 0 Å². The number of nitrogens with one attached hydrogen (secondary N) is 1. The molecular weight excluding hydrogens is 286 g/mol. The third-order valence-corrected chi connectivity index (χ3v) is 4.50. The van der Waals surface area contributed by atoms with Crippen LogP contribution in [-0.4, -0.2) is 53.4 Å². The summed E-state index contributed by atoms with van der Waals surface area (Å²) in [6.07, 6.45) is 0.